The molecule has 0 aromatic rings. The van der Waals surface area contributed by atoms with Gasteiger partial charge in [0.2, 0.25) is 0 Å². The first-order valence-electron chi connectivity index (χ1n) is 7.20. The van der Waals surface area contributed by atoms with Crippen LogP contribution in [0.1, 0.15) is 39.5 Å². The van der Waals surface area contributed by atoms with E-state index in [1.54, 1.807) is 7.11 Å². The molecule has 0 radical (unpaired) electrons. The van der Waals surface area contributed by atoms with Crippen LogP contribution in [0, 0.1) is 5.92 Å². The van der Waals surface area contributed by atoms with E-state index >= 15 is 0 Å². The van der Waals surface area contributed by atoms with Gasteiger partial charge in [0, 0.05) is 25.2 Å². The topological polar surface area (TPSA) is 24.5 Å². The average molecular weight is 240 g/mol. The Hall–Kier alpha value is -0.120. The molecule has 0 spiro atoms. The maximum Gasteiger partial charge on any atom is 0.0615 e. The molecule has 2 aliphatic rings. The molecule has 2 aliphatic heterocycles. The SMILES string of the molecule is COCC1CC(C2CCCCN2C(C)C)CN1. The van der Waals surface area contributed by atoms with Crippen LogP contribution in [0.2, 0.25) is 0 Å². The van der Waals surface area contributed by atoms with Gasteiger partial charge >= 0.3 is 0 Å². The van der Waals surface area contributed by atoms with Crippen LogP contribution in [-0.4, -0.2) is 49.8 Å². The van der Waals surface area contributed by atoms with Crippen molar-refractivity contribution in [3.8, 4) is 0 Å². The molecule has 0 aromatic carbocycles. The first kappa shape index (κ1) is 13.3. The molecule has 2 fully saturated rings. The lowest BCUT2D eigenvalue weighted by Gasteiger charge is -2.41. The van der Waals surface area contributed by atoms with E-state index in [4.69, 9.17) is 4.74 Å². The predicted molar refractivity (Wildman–Crippen MR) is 71.3 cm³/mol. The summed E-state index contributed by atoms with van der Waals surface area (Å²) in [7, 11) is 1.80. The van der Waals surface area contributed by atoms with Crippen LogP contribution in [0.4, 0.5) is 0 Å². The molecule has 2 saturated heterocycles. The second-order valence-corrected chi connectivity index (χ2v) is 5.95. The van der Waals surface area contributed by atoms with Gasteiger partial charge in [-0.3, -0.25) is 4.90 Å². The number of rotatable bonds is 4. The van der Waals surface area contributed by atoms with Crippen molar-refractivity contribution in [1.82, 2.24) is 10.2 Å². The van der Waals surface area contributed by atoms with Gasteiger partial charge in [0.25, 0.3) is 0 Å². The normalized spacial score (nSPS) is 35.6. The zero-order chi connectivity index (χ0) is 12.3. The van der Waals surface area contributed by atoms with Gasteiger partial charge in [0.15, 0.2) is 0 Å². The van der Waals surface area contributed by atoms with Crippen molar-refractivity contribution < 1.29 is 4.74 Å². The summed E-state index contributed by atoms with van der Waals surface area (Å²) < 4.78 is 5.26. The fourth-order valence-corrected chi connectivity index (χ4v) is 3.60. The van der Waals surface area contributed by atoms with Crippen molar-refractivity contribution in [1.29, 1.82) is 0 Å². The van der Waals surface area contributed by atoms with Gasteiger partial charge in [0.05, 0.1) is 6.61 Å². The highest BCUT2D eigenvalue weighted by molar-refractivity contribution is 4.92. The minimum atomic E-state index is 0.584. The number of ether oxygens (including phenoxy) is 1. The Bertz CT molecular complexity index is 232. The van der Waals surface area contributed by atoms with E-state index < -0.39 is 0 Å². The standard InChI is InChI=1S/C14H28N2O/c1-11(2)16-7-5-4-6-14(16)12-8-13(10-17-3)15-9-12/h11-15H,4-10H2,1-3H3. The third kappa shape index (κ3) is 3.21. The van der Waals surface area contributed by atoms with Gasteiger partial charge in [-0.2, -0.15) is 0 Å². The second kappa shape index (κ2) is 6.17. The molecule has 100 valence electrons. The van der Waals surface area contributed by atoms with Gasteiger partial charge in [0.1, 0.15) is 0 Å². The Kier molecular flexibility index (Phi) is 4.83. The van der Waals surface area contributed by atoms with Gasteiger partial charge < -0.3 is 10.1 Å². The molecule has 0 aromatic heterocycles. The van der Waals surface area contributed by atoms with E-state index in [2.05, 4.69) is 24.1 Å². The number of nitrogens with one attached hydrogen (secondary N) is 1. The van der Waals surface area contributed by atoms with E-state index in [-0.39, 0.29) is 0 Å². The van der Waals surface area contributed by atoms with Crippen LogP contribution in [0.25, 0.3) is 0 Å². The molecular weight excluding hydrogens is 212 g/mol. The van der Waals surface area contributed by atoms with Crippen LogP contribution >= 0.6 is 0 Å². The van der Waals surface area contributed by atoms with Crippen LogP contribution in [-0.2, 0) is 4.74 Å². The third-order valence-electron chi connectivity index (χ3n) is 4.42. The van der Waals surface area contributed by atoms with Crippen molar-refractivity contribution >= 4 is 0 Å². The summed E-state index contributed by atoms with van der Waals surface area (Å²) in [5.41, 5.74) is 0. The summed E-state index contributed by atoms with van der Waals surface area (Å²) in [5.74, 6) is 0.831. The zero-order valence-corrected chi connectivity index (χ0v) is 11.6. The Balaban J connectivity index is 1.91. The second-order valence-electron chi connectivity index (χ2n) is 5.95. The fourth-order valence-electron chi connectivity index (χ4n) is 3.60. The quantitative estimate of drug-likeness (QED) is 0.812. The smallest absolute Gasteiger partial charge is 0.0615 e. The Morgan fingerprint density at radius 3 is 2.88 bits per heavy atom. The lowest BCUT2D eigenvalue weighted by Crippen LogP contribution is -2.48. The molecule has 2 heterocycles. The van der Waals surface area contributed by atoms with Gasteiger partial charge in [-0.15, -0.1) is 0 Å². The van der Waals surface area contributed by atoms with Crippen molar-refractivity contribution in [2.24, 2.45) is 5.92 Å². The lowest BCUT2D eigenvalue weighted by molar-refractivity contribution is 0.0733. The van der Waals surface area contributed by atoms with E-state index in [1.165, 1.54) is 38.8 Å². The molecule has 3 nitrogen and oxygen atoms in total. The lowest BCUT2D eigenvalue weighted by atomic mass is 9.87. The first-order valence-corrected chi connectivity index (χ1v) is 7.20. The molecule has 1 N–H and O–H groups in total. The summed E-state index contributed by atoms with van der Waals surface area (Å²) in [6.07, 6.45) is 5.49. The largest absolute Gasteiger partial charge is 0.383 e. The molecule has 3 heteroatoms. The van der Waals surface area contributed by atoms with E-state index in [9.17, 15) is 0 Å². The molecule has 0 aliphatic carbocycles. The van der Waals surface area contributed by atoms with E-state index in [1.807, 2.05) is 0 Å². The molecule has 0 saturated carbocycles. The Morgan fingerprint density at radius 2 is 2.18 bits per heavy atom. The van der Waals surface area contributed by atoms with Crippen LogP contribution in [0.5, 0.6) is 0 Å². The third-order valence-corrected chi connectivity index (χ3v) is 4.42. The highest BCUT2D eigenvalue weighted by Crippen LogP contribution is 2.30. The maximum absolute atomic E-state index is 5.26. The summed E-state index contributed by atoms with van der Waals surface area (Å²) >= 11 is 0. The monoisotopic (exact) mass is 240 g/mol. The molecule has 0 amide bonds. The van der Waals surface area contributed by atoms with E-state index in [0.717, 1.165) is 18.6 Å². The number of hydrogen-bond acceptors (Lipinski definition) is 3. The molecule has 0 bridgehead atoms. The summed E-state index contributed by atoms with van der Waals surface area (Å²) in [6, 6.07) is 2.08. The highest BCUT2D eigenvalue weighted by atomic mass is 16.5. The number of piperidine rings is 1. The number of methoxy groups -OCH3 is 1. The highest BCUT2D eigenvalue weighted by Gasteiger charge is 2.35. The Morgan fingerprint density at radius 1 is 1.35 bits per heavy atom. The maximum atomic E-state index is 5.26. The van der Waals surface area contributed by atoms with Crippen LogP contribution in [0.15, 0.2) is 0 Å². The molecular formula is C14H28N2O. The van der Waals surface area contributed by atoms with Gasteiger partial charge in [-0.1, -0.05) is 6.42 Å². The minimum Gasteiger partial charge on any atom is -0.383 e. The van der Waals surface area contributed by atoms with Crippen molar-refractivity contribution in [2.75, 3.05) is 26.8 Å². The fraction of sp³-hybridized carbons (Fsp3) is 1.00. The van der Waals surface area contributed by atoms with Crippen LogP contribution < -0.4 is 5.32 Å². The number of hydrogen-bond donors (Lipinski definition) is 1. The molecule has 17 heavy (non-hydrogen) atoms. The van der Waals surface area contributed by atoms with Crippen LogP contribution in [0.3, 0.4) is 0 Å². The summed E-state index contributed by atoms with van der Waals surface area (Å²) in [6.45, 7) is 8.03. The number of likely N-dealkylation sites (tertiary alicyclic amines) is 1. The first-order chi connectivity index (χ1) is 8.22. The molecule has 2 rings (SSSR count). The predicted octanol–water partition coefficient (Wildman–Crippen LogP) is 1.87. The molecule has 3 atom stereocenters. The van der Waals surface area contributed by atoms with Crippen molar-refractivity contribution in [3.05, 3.63) is 0 Å². The van der Waals surface area contributed by atoms with Gasteiger partial charge in [-0.05, 0) is 52.1 Å². The van der Waals surface area contributed by atoms with Gasteiger partial charge in [-0.25, -0.2) is 0 Å². The van der Waals surface area contributed by atoms with Crippen molar-refractivity contribution in [2.45, 2.75) is 57.7 Å². The summed E-state index contributed by atoms with van der Waals surface area (Å²) in [5, 5.41) is 3.61. The number of nitrogens with zero attached hydrogens (tertiary/aromatic N) is 1. The summed E-state index contributed by atoms with van der Waals surface area (Å²) in [4.78, 5) is 2.73. The minimum absolute atomic E-state index is 0.584. The van der Waals surface area contributed by atoms with E-state index in [0.29, 0.717) is 12.1 Å². The molecule has 3 unspecified atom stereocenters. The average Bonchev–Trinajstić information content (AvgIpc) is 2.78. The Labute approximate surface area is 106 Å². The zero-order valence-electron chi connectivity index (χ0n) is 11.6. The van der Waals surface area contributed by atoms with Crippen molar-refractivity contribution in [3.63, 3.8) is 0 Å².